The normalized spacial score (nSPS) is 11.2. The zero-order valence-electron chi connectivity index (χ0n) is 12.7. The molecule has 0 aliphatic carbocycles. The smallest absolute Gasteiger partial charge is 0.297 e. The van der Waals surface area contributed by atoms with E-state index in [0.29, 0.717) is 24.3 Å². The van der Waals surface area contributed by atoms with Crippen LogP contribution in [0.15, 0.2) is 39.8 Å². The van der Waals surface area contributed by atoms with Crippen molar-refractivity contribution in [2.75, 3.05) is 20.3 Å². The minimum atomic E-state index is -0.363. The van der Waals surface area contributed by atoms with Gasteiger partial charge in [-0.1, -0.05) is 12.1 Å². The lowest BCUT2D eigenvalue weighted by Crippen LogP contribution is -2.33. The van der Waals surface area contributed by atoms with Gasteiger partial charge < -0.3 is 14.5 Å². The van der Waals surface area contributed by atoms with Crippen molar-refractivity contribution < 1.29 is 13.9 Å². The molecule has 0 saturated heterocycles. The predicted octanol–water partition coefficient (Wildman–Crippen LogP) is 1.30. The Morgan fingerprint density at radius 1 is 1.39 bits per heavy atom. The monoisotopic (exact) mass is 315 g/mol. The predicted molar refractivity (Wildman–Crippen MR) is 85.3 cm³/mol. The quantitative estimate of drug-likeness (QED) is 0.693. The fourth-order valence-corrected chi connectivity index (χ4v) is 2.38. The lowest BCUT2D eigenvalue weighted by molar-refractivity contribution is -0.121. The Bertz CT molecular complexity index is 897. The number of nitrogens with one attached hydrogen (secondary N) is 1. The highest BCUT2D eigenvalue weighted by atomic mass is 16.5. The molecule has 3 rings (SSSR count). The van der Waals surface area contributed by atoms with Gasteiger partial charge in [0.05, 0.1) is 6.33 Å². The number of benzene rings is 1. The van der Waals surface area contributed by atoms with Crippen molar-refractivity contribution in [2.45, 2.75) is 13.0 Å². The van der Waals surface area contributed by atoms with E-state index in [1.807, 2.05) is 18.2 Å². The molecule has 0 aliphatic heterocycles. The molecule has 120 valence electrons. The number of hydrogen-bond donors (Lipinski definition) is 1. The Kier molecular flexibility index (Phi) is 4.38. The number of ether oxygens (including phenoxy) is 1. The molecule has 0 spiro atoms. The number of fused-ring (bicyclic) bond motifs is 3. The number of methoxy groups -OCH3 is 1. The maximum Gasteiger partial charge on any atom is 0.297 e. The van der Waals surface area contributed by atoms with Crippen LogP contribution in [0.1, 0.15) is 6.42 Å². The number of aromatic nitrogens is 2. The number of hydrogen-bond acceptors (Lipinski definition) is 5. The molecule has 7 heteroatoms. The van der Waals surface area contributed by atoms with Crippen LogP contribution in [0.5, 0.6) is 0 Å². The molecule has 0 unspecified atom stereocenters. The number of carbonyl (C=O) groups excluding carboxylic acids is 1. The maximum atomic E-state index is 12.4. The second-order valence-electron chi connectivity index (χ2n) is 5.15. The molecule has 3 aromatic rings. The Morgan fingerprint density at radius 2 is 2.22 bits per heavy atom. The van der Waals surface area contributed by atoms with Gasteiger partial charge in [-0.15, -0.1) is 0 Å². The summed E-state index contributed by atoms with van der Waals surface area (Å²) in [5.41, 5.74) is 0.926. The molecule has 2 aromatic heterocycles. The molecule has 0 radical (unpaired) electrons. The Labute approximate surface area is 131 Å². The van der Waals surface area contributed by atoms with E-state index in [2.05, 4.69) is 10.3 Å². The van der Waals surface area contributed by atoms with Gasteiger partial charge in [0.15, 0.2) is 0 Å². The van der Waals surface area contributed by atoms with Crippen LogP contribution in [0, 0.1) is 0 Å². The zero-order chi connectivity index (χ0) is 16.2. The van der Waals surface area contributed by atoms with Gasteiger partial charge in [-0.25, -0.2) is 4.98 Å². The van der Waals surface area contributed by atoms with Crippen molar-refractivity contribution in [3.05, 3.63) is 40.9 Å². The van der Waals surface area contributed by atoms with E-state index in [1.165, 1.54) is 10.9 Å². The maximum absolute atomic E-state index is 12.4. The summed E-state index contributed by atoms with van der Waals surface area (Å²) in [4.78, 5) is 28.6. The third-order valence-corrected chi connectivity index (χ3v) is 3.51. The first-order valence-corrected chi connectivity index (χ1v) is 7.33. The molecule has 23 heavy (non-hydrogen) atoms. The van der Waals surface area contributed by atoms with Crippen molar-refractivity contribution in [2.24, 2.45) is 0 Å². The van der Waals surface area contributed by atoms with E-state index < -0.39 is 0 Å². The summed E-state index contributed by atoms with van der Waals surface area (Å²) >= 11 is 0. The van der Waals surface area contributed by atoms with Gasteiger partial charge in [-0.05, 0) is 18.6 Å². The van der Waals surface area contributed by atoms with E-state index in [9.17, 15) is 9.59 Å². The molecule has 7 nitrogen and oxygen atoms in total. The highest BCUT2D eigenvalue weighted by molar-refractivity contribution is 6.01. The lowest BCUT2D eigenvalue weighted by atomic mass is 10.2. The van der Waals surface area contributed by atoms with E-state index in [0.717, 1.165) is 11.8 Å². The Morgan fingerprint density at radius 3 is 3.04 bits per heavy atom. The van der Waals surface area contributed by atoms with E-state index in [1.54, 1.807) is 13.2 Å². The molecule has 0 bridgehead atoms. The molecule has 0 atom stereocenters. The van der Waals surface area contributed by atoms with Crippen molar-refractivity contribution in [3.63, 3.8) is 0 Å². The number of amides is 1. The van der Waals surface area contributed by atoms with Crippen molar-refractivity contribution >= 4 is 28.0 Å². The first-order valence-electron chi connectivity index (χ1n) is 7.33. The Hall–Kier alpha value is -2.67. The standard InChI is InChI=1S/C16H17N3O4/c1-22-8-4-7-17-13(20)9-19-10-18-14-11-5-2-3-6-12(11)23-15(14)16(19)21/h2-3,5-6,10H,4,7-9H2,1H3,(H,17,20). The van der Waals surface area contributed by atoms with Gasteiger partial charge in [0.25, 0.3) is 5.56 Å². The number of furan rings is 1. The third kappa shape index (κ3) is 3.09. The largest absolute Gasteiger partial charge is 0.448 e. The summed E-state index contributed by atoms with van der Waals surface area (Å²) in [6, 6.07) is 7.32. The Balaban J connectivity index is 1.82. The number of carbonyl (C=O) groups is 1. The molecule has 1 N–H and O–H groups in total. The van der Waals surface area contributed by atoms with Crippen LogP contribution in [-0.4, -0.2) is 35.7 Å². The average Bonchev–Trinajstić information content (AvgIpc) is 2.94. The topological polar surface area (TPSA) is 86.4 Å². The SMILES string of the molecule is COCCCNC(=O)Cn1cnc2c(oc3ccccc32)c1=O. The highest BCUT2D eigenvalue weighted by Crippen LogP contribution is 2.23. The lowest BCUT2D eigenvalue weighted by Gasteiger charge is -2.06. The molecule has 1 aromatic carbocycles. The van der Waals surface area contributed by atoms with Gasteiger partial charge in [-0.3, -0.25) is 14.2 Å². The molecule has 0 saturated carbocycles. The summed E-state index contributed by atoms with van der Waals surface area (Å²) in [6.45, 7) is 0.986. The first kappa shape index (κ1) is 15.2. The van der Waals surface area contributed by atoms with Crippen LogP contribution >= 0.6 is 0 Å². The fourth-order valence-electron chi connectivity index (χ4n) is 2.38. The highest BCUT2D eigenvalue weighted by Gasteiger charge is 2.14. The minimum absolute atomic E-state index is 0.0915. The van der Waals surface area contributed by atoms with E-state index >= 15 is 0 Å². The number of nitrogens with zero attached hydrogens (tertiary/aromatic N) is 2. The van der Waals surface area contributed by atoms with Crippen LogP contribution in [0.3, 0.4) is 0 Å². The number of rotatable bonds is 6. The van der Waals surface area contributed by atoms with E-state index in [-0.39, 0.29) is 23.6 Å². The molecular formula is C16H17N3O4. The molecule has 0 fully saturated rings. The van der Waals surface area contributed by atoms with Crippen molar-refractivity contribution in [1.29, 1.82) is 0 Å². The van der Waals surface area contributed by atoms with Crippen LogP contribution in [0.2, 0.25) is 0 Å². The van der Waals surface area contributed by atoms with Gasteiger partial charge in [-0.2, -0.15) is 0 Å². The third-order valence-electron chi connectivity index (χ3n) is 3.51. The second-order valence-corrected chi connectivity index (χ2v) is 5.15. The summed E-state index contributed by atoms with van der Waals surface area (Å²) in [6.07, 6.45) is 2.10. The van der Waals surface area contributed by atoms with Gasteiger partial charge in [0.1, 0.15) is 17.6 Å². The molecular weight excluding hydrogens is 298 g/mol. The van der Waals surface area contributed by atoms with Crippen molar-refractivity contribution in [3.8, 4) is 0 Å². The number of para-hydroxylation sites is 1. The second kappa shape index (κ2) is 6.62. The minimum Gasteiger partial charge on any atom is -0.448 e. The van der Waals surface area contributed by atoms with E-state index in [4.69, 9.17) is 9.15 Å². The average molecular weight is 315 g/mol. The molecule has 1 amide bonds. The van der Waals surface area contributed by atoms with Gasteiger partial charge in [0.2, 0.25) is 11.5 Å². The summed E-state index contributed by atoms with van der Waals surface area (Å²) < 4.78 is 11.7. The fraction of sp³-hybridized carbons (Fsp3) is 0.312. The molecule has 2 heterocycles. The summed E-state index contributed by atoms with van der Waals surface area (Å²) in [5, 5.41) is 3.52. The molecule has 0 aliphatic rings. The van der Waals surface area contributed by atoms with Crippen LogP contribution in [0.25, 0.3) is 22.1 Å². The van der Waals surface area contributed by atoms with Gasteiger partial charge in [0, 0.05) is 25.6 Å². The van der Waals surface area contributed by atoms with Crippen molar-refractivity contribution in [1.82, 2.24) is 14.9 Å². The van der Waals surface area contributed by atoms with Crippen LogP contribution in [-0.2, 0) is 16.1 Å². The van der Waals surface area contributed by atoms with Crippen LogP contribution < -0.4 is 10.9 Å². The summed E-state index contributed by atoms with van der Waals surface area (Å²) in [5.74, 6) is -0.250. The van der Waals surface area contributed by atoms with Crippen LogP contribution in [0.4, 0.5) is 0 Å². The zero-order valence-corrected chi connectivity index (χ0v) is 12.7. The summed E-state index contributed by atoms with van der Waals surface area (Å²) in [7, 11) is 1.61. The first-order chi connectivity index (χ1) is 11.2. The van der Waals surface area contributed by atoms with Gasteiger partial charge >= 0.3 is 0 Å².